The molecule has 0 aliphatic heterocycles. The van der Waals surface area contributed by atoms with Crippen LogP contribution in [0.2, 0.25) is 0 Å². The SMILES string of the molecule is CN[C](=O)[K]. The fraction of sp³-hybridized carbons (Fsp3) is 0.500. The molecular formula is C2H4KNO. The summed E-state index contributed by atoms with van der Waals surface area (Å²) in [5, 5.41) is 2.47. The molecule has 0 aromatic heterocycles. The molecule has 0 aliphatic carbocycles. The van der Waals surface area contributed by atoms with Crippen LogP contribution in [0.3, 0.4) is 0 Å². The summed E-state index contributed by atoms with van der Waals surface area (Å²) in [4.78, 5) is 9.78. The minimum absolute atomic E-state index is 0.192. The van der Waals surface area contributed by atoms with E-state index in [-0.39, 0.29) is 0.00173 Å². The maximum absolute atomic E-state index is 9.78. The molecule has 0 saturated heterocycles. The molecule has 1 amide bonds. The molecule has 5 heavy (non-hydrogen) atoms. The van der Waals surface area contributed by atoms with Gasteiger partial charge in [0.15, 0.2) is 0 Å². The summed E-state index contributed by atoms with van der Waals surface area (Å²) in [5.74, 6) is 0. The van der Waals surface area contributed by atoms with Gasteiger partial charge in [-0.25, -0.2) is 0 Å². The summed E-state index contributed by atoms with van der Waals surface area (Å²) in [6.07, 6.45) is 0. The van der Waals surface area contributed by atoms with Gasteiger partial charge in [-0.05, 0) is 0 Å². The Morgan fingerprint density at radius 3 is 2.20 bits per heavy atom. The van der Waals surface area contributed by atoms with Crippen molar-refractivity contribution in [3.05, 3.63) is 0 Å². The third-order valence-corrected chi connectivity index (χ3v) is 1.13. The van der Waals surface area contributed by atoms with Crippen molar-refractivity contribution in [2.75, 3.05) is 7.05 Å². The van der Waals surface area contributed by atoms with E-state index in [1.54, 1.807) is 7.05 Å². The molecule has 0 spiro atoms. The monoisotopic (exact) mass is 97.0 g/mol. The van der Waals surface area contributed by atoms with E-state index in [1.807, 2.05) is 0 Å². The second-order valence-corrected chi connectivity index (χ2v) is 2.22. The second kappa shape index (κ2) is 3.30. The van der Waals surface area contributed by atoms with E-state index in [0.717, 1.165) is 0 Å². The number of amides is 1. The summed E-state index contributed by atoms with van der Waals surface area (Å²) < 4.78 is 0.192. The van der Waals surface area contributed by atoms with Gasteiger partial charge in [-0.1, -0.05) is 0 Å². The third kappa shape index (κ3) is 5.11. The number of hydrogen-bond acceptors (Lipinski definition) is 1. The molecule has 0 atom stereocenters. The Morgan fingerprint density at radius 1 is 2.00 bits per heavy atom. The molecule has 0 fully saturated rings. The first-order valence-electron chi connectivity index (χ1n) is 1.45. The Bertz CT molecular complexity index is 44.9. The fourth-order valence-corrected chi connectivity index (χ4v) is 0. The molecule has 0 aromatic carbocycles. The summed E-state index contributed by atoms with van der Waals surface area (Å²) >= 11 is 0.321. The normalized spacial score (nSPS) is 7.00. The molecule has 24 valence electrons. The van der Waals surface area contributed by atoms with Crippen LogP contribution in [-0.2, 0) is 0 Å². The van der Waals surface area contributed by atoms with Gasteiger partial charge in [0.2, 0.25) is 0 Å². The van der Waals surface area contributed by atoms with Crippen LogP contribution in [0.5, 0.6) is 0 Å². The van der Waals surface area contributed by atoms with Crippen LogP contribution >= 0.6 is 0 Å². The van der Waals surface area contributed by atoms with E-state index >= 15 is 0 Å². The van der Waals surface area contributed by atoms with E-state index in [1.165, 1.54) is 0 Å². The van der Waals surface area contributed by atoms with Gasteiger partial charge in [0.05, 0.1) is 0 Å². The molecule has 3 heteroatoms. The molecule has 0 unspecified atom stereocenters. The van der Waals surface area contributed by atoms with Crippen molar-refractivity contribution in [1.82, 2.24) is 5.32 Å². The second-order valence-electron chi connectivity index (χ2n) is 0.806. The fourth-order valence-electron chi connectivity index (χ4n) is 0. The van der Waals surface area contributed by atoms with Crippen LogP contribution in [0.15, 0.2) is 0 Å². The Labute approximate surface area is 64.9 Å². The van der Waals surface area contributed by atoms with Gasteiger partial charge in [0, 0.05) is 0 Å². The van der Waals surface area contributed by atoms with Gasteiger partial charge in [-0.3, -0.25) is 0 Å². The Morgan fingerprint density at radius 2 is 2.20 bits per heavy atom. The van der Waals surface area contributed by atoms with Gasteiger partial charge >= 0.3 is 66.1 Å². The van der Waals surface area contributed by atoms with Crippen LogP contribution in [0.25, 0.3) is 0 Å². The van der Waals surface area contributed by atoms with Gasteiger partial charge in [0.1, 0.15) is 0 Å². The van der Waals surface area contributed by atoms with Crippen molar-refractivity contribution in [3.8, 4) is 0 Å². The zero-order valence-corrected chi connectivity index (χ0v) is 6.53. The predicted octanol–water partition coefficient (Wildman–Crippen LogP) is -0.506. The molecule has 0 rings (SSSR count). The zero-order valence-electron chi connectivity index (χ0n) is 3.41. The van der Waals surface area contributed by atoms with Crippen LogP contribution in [0, 0.1) is 0 Å². The van der Waals surface area contributed by atoms with Crippen molar-refractivity contribution in [1.29, 1.82) is 0 Å². The first-order valence-corrected chi connectivity index (χ1v) is 3.02. The number of nitrogens with one attached hydrogen (secondary N) is 1. The predicted molar refractivity (Wildman–Crippen MR) is 20.2 cm³/mol. The third-order valence-electron chi connectivity index (χ3n) is 0.352. The molecule has 0 bridgehead atoms. The topological polar surface area (TPSA) is 29.1 Å². The van der Waals surface area contributed by atoms with Crippen molar-refractivity contribution in [2.45, 2.75) is 0 Å². The molecule has 0 aromatic rings. The molecular weight excluding hydrogens is 93.1 g/mol. The van der Waals surface area contributed by atoms with Crippen molar-refractivity contribution in [3.63, 3.8) is 0 Å². The molecule has 2 nitrogen and oxygen atoms in total. The maximum atomic E-state index is 9.78. The Hall–Kier alpha value is 1.11. The zero-order chi connectivity index (χ0) is 4.28. The average Bonchev–Trinajstić information content (AvgIpc) is 1.38. The number of hydrogen-bond donors (Lipinski definition) is 1. The van der Waals surface area contributed by atoms with Gasteiger partial charge in [-0.15, -0.1) is 0 Å². The quantitative estimate of drug-likeness (QED) is 0.405. The Balaban J connectivity index is 2.85. The standard InChI is InChI=1S/C2H4NO.K/c1-3-2-4;/h1H3,(H,3,4);. The van der Waals surface area contributed by atoms with E-state index < -0.39 is 0 Å². The Kier molecular flexibility index (Phi) is 4.03. The summed E-state index contributed by atoms with van der Waals surface area (Å²) in [7, 11) is 1.65. The van der Waals surface area contributed by atoms with Crippen molar-refractivity contribution >= 4 is 49.0 Å². The summed E-state index contributed by atoms with van der Waals surface area (Å²) in [5.41, 5.74) is 0. The van der Waals surface area contributed by atoms with Crippen LogP contribution < -0.4 is 5.32 Å². The number of rotatable bonds is 0. The summed E-state index contributed by atoms with van der Waals surface area (Å²) in [6, 6.07) is 0. The molecule has 1 N–H and O–H groups in total. The van der Waals surface area contributed by atoms with Crippen molar-refractivity contribution in [2.24, 2.45) is 0 Å². The van der Waals surface area contributed by atoms with Crippen LogP contribution in [0.4, 0.5) is 4.79 Å². The van der Waals surface area contributed by atoms with E-state index in [4.69, 9.17) is 0 Å². The van der Waals surface area contributed by atoms with Gasteiger partial charge in [0.25, 0.3) is 0 Å². The van der Waals surface area contributed by atoms with Crippen LogP contribution in [-0.4, -0.2) is 56.0 Å². The van der Waals surface area contributed by atoms with Gasteiger partial charge < -0.3 is 0 Å². The average molecular weight is 97.2 g/mol. The van der Waals surface area contributed by atoms with Gasteiger partial charge in [-0.2, -0.15) is 0 Å². The van der Waals surface area contributed by atoms with Crippen LogP contribution in [0.1, 0.15) is 0 Å². The van der Waals surface area contributed by atoms with E-state index in [2.05, 4.69) is 5.32 Å². The van der Waals surface area contributed by atoms with Crippen molar-refractivity contribution < 1.29 is 4.79 Å². The molecule has 0 heterocycles. The first-order chi connectivity index (χ1) is 2.27. The molecule has 0 saturated carbocycles. The summed E-state index contributed by atoms with van der Waals surface area (Å²) in [6.45, 7) is 0. The molecule has 0 aliphatic rings. The number of carbonyl (C=O) groups excluding carboxylic acids is 1. The van der Waals surface area contributed by atoms with E-state index in [9.17, 15) is 4.79 Å². The number of carbonyl (C=O) groups is 1. The molecule has 0 radical (unpaired) electrons. The minimum atomic E-state index is 0.192. The first kappa shape index (κ1) is 6.11. The van der Waals surface area contributed by atoms with E-state index in [0.29, 0.717) is 49.0 Å².